The zero-order valence-electron chi connectivity index (χ0n) is 20.0. The topological polar surface area (TPSA) is 85.4 Å². The number of fused-ring (bicyclic) bond motifs is 1. The maximum absolute atomic E-state index is 13.4. The molecule has 2 heterocycles. The molecule has 0 bridgehead atoms. The average Bonchev–Trinajstić information content (AvgIpc) is 2.87. The number of piperidine rings is 1. The number of benzene rings is 1. The molecule has 0 spiro atoms. The number of carbonyl (C=O) groups excluding carboxylic acids is 3. The molecule has 0 N–H and O–H groups in total. The molecule has 3 atom stereocenters. The molecule has 8 heteroatoms. The summed E-state index contributed by atoms with van der Waals surface area (Å²) < 4.78 is 16.5. The van der Waals surface area contributed by atoms with E-state index in [1.165, 1.54) is 0 Å². The second kappa shape index (κ2) is 10.9. The maximum Gasteiger partial charge on any atom is 0.310 e. The van der Waals surface area contributed by atoms with Crippen molar-refractivity contribution in [3.63, 3.8) is 0 Å². The van der Waals surface area contributed by atoms with Gasteiger partial charge in [-0.05, 0) is 62.8 Å². The molecule has 4 rings (SSSR count). The fourth-order valence-corrected chi connectivity index (χ4v) is 5.12. The molecule has 2 amide bonds. The maximum atomic E-state index is 13.4. The Morgan fingerprint density at radius 3 is 2.62 bits per heavy atom. The van der Waals surface area contributed by atoms with E-state index >= 15 is 0 Å². The number of morpholine rings is 1. The smallest absolute Gasteiger partial charge is 0.310 e. The Bertz CT molecular complexity index is 928. The molecule has 34 heavy (non-hydrogen) atoms. The van der Waals surface area contributed by atoms with Gasteiger partial charge in [0.15, 0.2) is 5.76 Å². The second-order valence-corrected chi connectivity index (χ2v) is 9.15. The number of carbonyl (C=O) groups is 3. The second-order valence-electron chi connectivity index (χ2n) is 9.15. The van der Waals surface area contributed by atoms with E-state index in [9.17, 15) is 14.4 Å². The van der Waals surface area contributed by atoms with Crippen molar-refractivity contribution in [2.24, 2.45) is 5.92 Å². The average molecular weight is 471 g/mol. The zero-order chi connectivity index (χ0) is 24.1. The molecule has 2 aliphatic heterocycles. The third-order valence-electron chi connectivity index (χ3n) is 6.93. The highest BCUT2D eigenvalue weighted by atomic mass is 16.5. The van der Waals surface area contributed by atoms with Crippen molar-refractivity contribution in [1.82, 2.24) is 9.80 Å². The van der Waals surface area contributed by atoms with Crippen LogP contribution in [0.3, 0.4) is 0 Å². The zero-order valence-corrected chi connectivity index (χ0v) is 20.0. The number of rotatable bonds is 6. The normalized spacial score (nSPS) is 26.0. The molecule has 3 aliphatic rings. The van der Waals surface area contributed by atoms with E-state index in [0.717, 1.165) is 49.8 Å². The molecule has 1 aromatic rings. The lowest BCUT2D eigenvalue weighted by molar-refractivity contribution is -0.157. The summed E-state index contributed by atoms with van der Waals surface area (Å²) >= 11 is 0. The monoisotopic (exact) mass is 470 g/mol. The Labute approximate surface area is 200 Å². The number of likely N-dealkylation sites (tertiary alicyclic amines) is 1. The minimum absolute atomic E-state index is 0.00113. The van der Waals surface area contributed by atoms with Crippen LogP contribution in [0, 0.1) is 5.92 Å². The highest BCUT2D eigenvalue weighted by Gasteiger charge is 2.43. The standard InChI is InChI=1S/C26H34N2O6/c1-3-33-26(31)19-7-6-14-27(16-19)24(29)17-28-21-8-4-5-9-22(21)34-23(25(28)30)15-18-10-12-20(32-2)13-11-18/h10-13,15,19,21-22H,3-9,14,16-17H2,1-2H3/b23-15-. The van der Waals surface area contributed by atoms with Crippen LogP contribution in [0.1, 0.15) is 51.0 Å². The summed E-state index contributed by atoms with van der Waals surface area (Å²) in [6.07, 6.45) is 6.83. The Morgan fingerprint density at radius 2 is 1.88 bits per heavy atom. The summed E-state index contributed by atoms with van der Waals surface area (Å²) in [7, 11) is 1.61. The number of hydrogen-bond donors (Lipinski definition) is 0. The summed E-state index contributed by atoms with van der Waals surface area (Å²) in [5.41, 5.74) is 0.831. The molecular weight excluding hydrogens is 436 g/mol. The van der Waals surface area contributed by atoms with E-state index in [1.54, 1.807) is 29.9 Å². The van der Waals surface area contributed by atoms with Gasteiger partial charge in [0.25, 0.3) is 5.91 Å². The van der Waals surface area contributed by atoms with Crippen LogP contribution >= 0.6 is 0 Å². The van der Waals surface area contributed by atoms with Gasteiger partial charge in [-0.25, -0.2) is 0 Å². The number of methoxy groups -OCH3 is 1. The van der Waals surface area contributed by atoms with Gasteiger partial charge in [0.05, 0.1) is 25.7 Å². The lowest BCUT2D eigenvalue weighted by Gasteiger charge is -2.45. The Morgan fingerprint density at radius 1 is 1.12 bits per heavy atom. The van der Waals surface area contributed by atoms with Crippen molar-refractivity contribution < 1.29 is 28.6 Å². The number of amides is 2. The first-order chi connectivity index (χ1) is 16.5. The van der Waals surface area contributed by atoms with Crippen molar-refractivity contribution in [2.45, 2.75) is 57.6 Å². The molecule has 8 nitrogen and oxygen atoms in total. The minimum Gasteiger partial charge on any atom is -0.497 e. The SMILES string of the molecule is CCOC(=O)C1CCCN(C(=O)CN2C(=O)/C(=C/c3ccc(OC)cc3)OC3CCCCC32)C1. The molecular formula is C26H34N2O6. The van der Waals surface area contributed by atoms with Crippen molar-refractivity contribution >= 4 is 23.9 Å². The summed E-state index contributed by atoms with van der Waals surface area (Å²) in [6, 6.07) is 7.30. The quantitative estimate of drug-likeness (QED) is 0.469. The van der Waals surface area contributed by atoms with Crippen molar-refractivity contribution in [1.29, 1.82) is 0 Å². The highest BCUT2D eigenvalue weighted by molar-refractivity contribution is 5.98. The van der Waals surface area contributed by atoms with Gasteiger partial charge >= 0.3 is 5.97 Å². The Balaban J connectivity index is 1.50. The van der Waals surface area contributed by atoms with Crippen LogP contribution in [0.25, 0.3) is 6.08 Å². The van der Waals surface area contributed by atoms with Crippen LogP contribution in [0.5, 0.6) is 5.75 Å². The van der Waals surface area contributed by atoms with E-state index in [1.807, 2.05) is 24.3 Å². The molecule has 2 saturated heterocycles. The van der Waals surface area contributed by atoms with Crippen molar-refractivity contribution in [3.05, 3.63) is 35.6 Å². The summed E-state index contributed by atoms with van der Waals surface area (Å²) in [4.78, 5) is 42.3. The molecule has 1 aromatic carbocycles. The number of ether oxygens (including phenoxy) is 3. The van der Waals surface area contributed by atoms with Gasteiger partial charge in [-0.15, -0.1) is 0 Å². The summed E-state index contributed by atoms with van der Waals surface area (Å²) in [6.45, 7) is 3.05. The van der Waals surface area contributed by atoms with E-state index in [4.69, 9.17) is 14.2 Å². The summed E-state index contributed by atoms with van der Waals surface area (Å²) in [5.74, 6) is 0.0681. The van der Waals surface area contributed by atoms with Gasteiger partial charge < -0.3 is 24.0 Å². The third-order valence-corrected chi connectivity index (χ3v) is 6.93. The minimum atomic E-state index is -0.300. The predicted octanol–water partition coefficient (Wildman–Crippen LogP) is 3.01. The molecule has 0 radical (unpaired) electrons. The first-order valence-corrected chi connectivity index (χ1v) is 12.3. The predicted molar refractivity (Wildman–Crippen MR) is 126 cm³/mol. The van der Waals surface area contributed by atoms with Crippen LogP contribution < -0.4 is 4.74 Å². The first kappa shape index (κ1) is 24.1. The van der Waals surface area contributed by atoms with Gasteiger partial charge in [-0.1, -0.05) is 18.6 Å². The molecule has 0 aromatic heterocycles. The molecule has 3 unspecified atom stereocenters. The van der Waals surface area contributed by atoms with Crippen LogP contribution in [0.15, 0.2) is 30.0 Å². The van der Waals surface area contributed by atoms with E-state index in [0.29, 0.717) is 19.7 Å². The summed E-state index contributed by atoms with van der Waals surface area (Å²) in [5, 5.41) is 0. The molecule has 184 valence electrons. The van der Waals surface area contributed by atoms with Crippen molar-refractivity contribution in [2.75, 3.05) is 33.4 Å². The van der Waals surface area contributed by atoms with Crippen molar-refractivity contribution in [3.8, 4) is 5.75 Å². The van der Waals surface area contributed by atoms with Gasteiger partial charge in [-0.2, -0.15) is 0 Å². The number of esters is 1. The largest absolute Gasteiger partial charge is 0.497 e. The van der Waals surface area contributed by atoms with E-state index < -0.39 is 0 Å². The first-order valence-electron chi connectivity index (χ1n) is 12.3. The van der Waals surface area contributed by atoms with E-state index in [-0.39, 0.29) is 48.2 Å². The van der Waals surface area contributed by atoms with Crippen LogP contribution in [0.4, 0.5) is 0 Å². The highest BCUT2D eigenvalue weighted by Crippen LogP contribution is 2.33. The fraction of sp³-hybridized carbons (Fsp3) is 0.577. The van der Waals surface area contributed by atoms with E-state index in [2.05, 4.69) is 0 Å². The number of nitrogens with zero attached hydrogens (tertiary/aromatic N) is 2. The third kappa shape index (κ3) is 5.37. The van der Waals surface area contributed by atoms with Gasteiger partial charge in [0.2, 0.25) is 5.91 Å². The molecule has 1 saturated carbocycles. The molecule has 1 aliphatic carbocycles. The lowest BCUT2D eigenvalue weighted by atomic mass is 9.89. The fourth-order valence-electron chi connectivity index (χ4n) is 5.12. The van der Waals surface area contributed by atoms with Crippen LogP contribution in [0.2, 0.25) is 0 Å². The Kier molecular flexibility index (Phi) is 7.75. The molecule has 3 fully saturated rings. The Hall–Kier alpha value is -3.03. The van der Waals surface area contributed by atoms with Crippen LogP contribution in [-0.4, -0.2) is 73.1 Å². The van der Waals surface area contributed by atoms with Crippen LogP contribution in [-0.2, 0) is 23.9 Å². The van der Waals surface area contributed by atoms with Gasteiger partial charge in [0.1, 0.15) is 18.4 Å². The van der Waals surface area contributed by atoms with Gasteiger partial charge in [0, 0.05) is 13.1 Å². The lowest BCUT2D eigenvalue weighted by Crippen LogP contribution is -2.58. The number of hydrogen-bond acceptors (Lipinski definition) is 6. The van der Waals surface area contributed by atoms with Gasteiger partial charge in [-0.3, -0.25) is 14.4 Å².